The molecule has 0 aliphatic carbocycles. The van der Waals surface area contributed by atoms with Gasteiger partial charge in [-0.2, -0.15) is 0 Å². The maximum Gasteiger partial charge on any atom is 0.170 e. The molecule has 2 fully saturated rings. The minimum atomic E-state index is -0.00828. The van der Waals surface area contributed by atoms with Gasteiger partial charge in [0.1, 0.15) is 0 Å². The SMILES string of the molecule is Cc1ccccc1-n1cccc1[C@H]1[C@@H](c2ccccn2)NC(=S)N1CCN1CCOCC1. The van der Waals surface area contributed by atoms with Crippen molar-refractivity contribution in [2.24, 2.45) is 0 Å². The van der Waals surface area contributed by atoms with Crippen LogP contribution in [-0.2, 0) is 4.74 Å². The first kappa shape index (κ1) is 21.1. The lowest BCUT2D eigenvalue weighted by Gasteiger charge is -2.32. The number of pyridine rings is 1. The molecule has 166 valence electrons. The first-order valence-electron chi connectivity index (χ1n) is 11.2. The second-order valence-corrected chi connectivity index (χ2v) is 8.75. The summed E-state index contributed by atoms with van der Waals surface area (Å²) in [5.41, 5.74) is 4.65. The molecule has 0 radical (unpaired) electrons. The molecular formula is C25H29N5OS. The van der Waals surface area contributed by atoms with Crippen LogP contribution in [0.4, 0.5) is 0 Å². The van der Waals surface area contributed by atoms with E-state index in [-0.39, 0.29) is 12.1 Å². The lowest BCUT2D eigenvalue weighted by atomic mass is 10.0. The summed E-state index contributed by atoms with van der Waals surface area (Å²) in [6, 6.07) is 19.0. The van der Waals surface area contributed by atoms with E-state index in [9.17, 15) is 0 Å². The molecular weight excluding hydrogens is 418 g/mol. The van der Waals surface area contributed by atoms with Crippen molar-refractivity contribution in [3.05, 3.63) is 83.9 Å². The largest absolute Gasteiger partial charge is 0.379 e. The molecule has 2 aromatic heterocycles. The number of ether oxygens (including phenoxy) is 1. The van der Waals surface area contributed by atoms with Gasteiger partial charge >= 0.3 is 0 Å². The lowest BCUT2D eigenvalue weighted by molar-refractivity contribution is 0.0349. The van der Waals surface area contributed by atoms with Crippen LogP contribution in [0.2, 0.25) is 0 Å². The number of aryl methyl sites for hydroxylation is 1. The molecule has 2 saturated heterocycles. The summed E-state index contributed by atoms with van der Waals surface area (Å²) in [4.78, 5) is 9.47. The second kappa shape index (κ2) is 9.40. The Hall–Kier alpha value is -2.74. The molecule has 1 aromatic carbocycles. The van der Waals surface area contributed by atoms with Gasteiger partial charge in [-0.15, -0.1) is 0 Å². The third-order valence-corrected chi connectivity index (χ3v) is 6.77. The highest BCUT2D eigenvalue weighted by Gasteiger charge is 2.41. The number of morpholine rings is 1. The van der Waals surface area contributed by atoms with Crippen molar-refractivity contribution in [1.82, 2.24) is 24.7 Å². The zero-order chi connectivity index (χ0) is 21.9. The summed E-state index contributed by atoms with van der Waals surface area (Å²) < 4.78 is 7.82. The Bertz CT molecular complexity index is 1060. The zero-order valence-electron chi connectivity index (χ0n) is 18.4. The summed E-state index contributed by atoms with van der Waals surface area (Å²) in [5, 5.41) is 4.37. The number of aromatic nitrogens is 2. The molecule has 3 aromatic rings. The predicted octanol–water partition coefficient (Wildman–Crippen LogP) is 3.49. The minimum Gasteiger partial charge on any atom is -0.379 e. The van der Waals surface area contributed by atoms with E-state index in [0.717, 1.165) is 50.2 Å². The van der Waals surface area contributed by atoms with E-state index in [0.29, 0.717) is 0 Å². The van der Waals surface area contributed by atoms with E-state index in [1.54, 1.807) is 0 Å². The maximum atomic E-state index is 5.86. The van der Waals surface area contributed by atoms with E-state index in [1.165, 1.54) is 16.9 Å². The molecule has 4 heterocycles. The molecule has 0 unspecified atom stereocenters. The van der Waals surface area contributed by atoms with E-state index in [2.05, 4.69) is 80.3 Å². The number of nitrogens with one attached hydrogen (secondary N) is 1. The average Bonchev–Trinajstić information content (AvgIpc) is 3.43. The number of hydrogen-bond acceptors (Lipinski definition) is 4. The van der Waals surface area contributed by atoms with Crippen LogP contribution in [0, 0.1) is 6.92 Å². The van der Waals surface area contributed by atoms with Gasteiger partial charge < -0.3 is 19.5 Å². The molecule has 2 aliphatic heterocycles. The Kier molecular flexibility index (Phi) is 6.21. The standard InChI is InChI=1S/C25H29N5OS/c1-19-7-2-3-9-21(19)29-12-6-10-22(29)24-23(20-8-4-5-11-26-20)27-25(32)30(24)14-13-28-15-17-31-18-16-28/h2-12,23-24H,13-18H2,1H3,(H,27,32)/t23-,24+/m1/s1. The predicted molar refractivity (Wildman–Crippen MR) is 130 cm³/mol. The van der Waals surface area contributed by atoms with Crippen LogP contribution < -0.4 is 5.32 Å². The topological polar surface area (TPSA) is 45.6 Å². The van der Waals surface area contributed by atoms with E-state index in [4.69, 9.17) is 17.0 Å². The third-order valence-electron chi connectivity index (χ3n) is 6.42. The van der Waals surface area contributed by atoms with Gasteiger partial charge in [0.2, 0.25) is 0 Å². The molecule has 7 heteroatoms. The van der Waals surface area contributed by atoms with Crippen LogP contribution >= 0.6 is 12.2 Å². The molecule has 32 heavy (non-hydrogen) atoms. The Morgan fingerprint density at radius 3 is 2.62 bits per heavy atom. The van der Waals surface area contributed by atoms with Crippen LogP contribution in [0.15, 0.2) is 67.0 Å². The highest BCUT2D eigenvalue weighted by atomic mass is 32.1. The van der Waals surface area contributed by atoms with E-state index in [1.807, 2.05) is 18.3 Å². The highest BCUT2D eigenvalue weighted by Crippen LogP contribution is 2.39. The number of thiocarbonyl (C=S) groups is 1. The van der Waals surface area contributed by atoms with Crippen molar-refractivity contribution in [3.8, 4) is 5.69 Å². The fourth-order valence-corrected chi connectivity index (χ4v) is 5.06. The summed E-state index contributed by atoms with van der Waals surface area (Å²) >= 11 is 5.86. The fourth-order valence-electron chi connectivity index (χ4n) is 4.73. The normalized spacial score (nSPS) is 21.7. The van der Waals surface area contributed by atoms with E-state index >= 15 is 0 Å². The summed E-state index contributed by atoms with van der Waals surface area (Å²) in [7, 11) is 0. The molecule has 0 saturated carbocycles. The summed E-state index contributed by atoms with van der Waals surface area (Å²) in [6.45, 7) is 7.53. The zero-order valence-corrected chi connectivity index (χ0v) is 19.2. The van der Waals surface area contributed by atoms with Crippen LogP contribution in [-0.4, -0.2) is 63.9 Å². The molecule has 2 atom stereocenters. The van der Waals surface area contributed by atoms with Gasteiger partial charge in [-0.3, -0.25) is 9.88 Å². The monoisotopic (exact) mass is 447 g/mol. The maximum absolute atomic E-state index is 5.86. The first-order chi connectivity index (χ1) is 15.7. The van der Waals surface area contributed by atoms with Crippen LogP contribution in [0.3, 0.4) is 0 Å². The van der Waals surface area contributed by atoms with Crippen molar-refractivity contribution in [2.45, 2.75) is 19.0 Å². The van der Waals surface area contributed by atoms with Crippen molar-refractivity contribution >= 4 is 17.3 Å². The quantitative estimate of drug-likeness (QED) is 0.584. The fraction of sp³-hybridized carbons (Fsp3) is 0.360. The number of rotatable bonds is 6. The third kappa shape index (κ3) is 4.16. The van der Waals surface area contributed by atoms with Crippen LogP contribution in [0.25, 0.3) is 5.69 Å². The van der Waals surface area contributed by atoms with E-state index < -0.39 is 0 Å². The molecule has 1 N–H and O–H groups in total. The van der Waals surface area contributed by atoms with Crippen molar-refractivity contribution in [3.63, 3.8) is 0 Å². The number of para-hydroxylation sites is 1. The van der Waals surface area contributed by atoms with Crippen LogP contribution in [0.5, 0.6) is 0 Å². The van der Waals surface area contributed by atoms with Crippen molar-refractivity contribution in [2.75, 3.05) is 39.4 Å². The van der Waals surface area contributed by atoms with Crippen LogP contribution in [0.1, 0.15) is 29.0 Å². The average molecular weight is 448 g/mol. The van der Waals surface area contributed by atoms with Gasteiger partial charge in [-0.05, 0) is 55.0 Å². The second-order valence-electron chi connectivity index (χ2n) is 8.36. The molecule has 6 nitrogen and oxygen atoms in total. The Labute approximate surface area is 194 Å². The molecule has 0 bridgehead atoms. The Morgan fingerprint density at radius 2 is 1.84 bits per heavy atom. The highest BCUT2D eigenvalue weighted by molar-refractivity contribution is 7.80. The molecule has 5 rings (SSSR count). The molecule has 0 spiro atoms. The smallest absolute Gasteiger partial charge is 0.170 e. The Balaban J connectivity index is 1.51. The lowest BCUT2D eigenvalue weighted by Crippen LogP contribution is -2.42. The number of benzene rings is 1. The number of hydrogen-bond donors (Lipinski definition) is 1. The Morgan fingerprint density at radius 1 is 1.03 bits per heavy atom. The van der Waals surface area contributed by atoms with Crippen molar-refractivity contribution in [1.29, 1.82) is 0 Å². The molecule has 2 aliphatic rings. The summed E-state index contributed by atoms with van der Waals surface area (Å²) in [5.74, 6) is 0. The van der Waals surface area contributed by atoms with Crippen molar-refractivity contribution < 1.29 is 4.74 Å². The number of nitrogens with zero attached hydrogens (tertiary/aromatic N) is 4. The van der Waals surface area contributed by atoms with Gasteiger partial charge in [0.05, 0.1) is 31.0 Å². The van der Waals surface area contributed by atoms with Gasteiger partial charge in [-0.25, -0.2) is 0 Å². The first-order valence-corrected chi connectivity index (χ1v) is 11.6. The van der Waals surface area contributed by atoms with Gasteiger partial charge in [0, 0.05) is 50.0 Å². The summed E-state index contributed by atoms with van der Waals surface area (Å²) in [6.07, 6.45) is 4.00. The molecule has 0 amide bonds. The van der Waals surface area contributed by atoms with Gasteiger partial charge in [-0.1, -0.05) is 24.3 Å². The minimum absolute atomic E-state index is 0.00828. The van der Waals surface area contributed by atoms with Gasteiger partial charge in [0.15, 0.2) is 5.11 Å². The van der Waals surface area contributed by atoms with Gasteiger partial charge in [0.25, 0.3) is 0 Å².